The number of thiazole rings is 1. The summed E-state index contributed by atoms with van der Waals surface area (Å²) in [4.78, 5) is 15.9. The lowest BCUT2D eigenvalue weighted by molar-refractivity contribution is -0.137. The maximum atomic E-state index is 12.9. The fraction of sp³-hybridized carbons (Fsp3) is 0.143. The zero-order valence-corrected chi connectivity index (χ0v) is 16.1. The van der Waals surface area contributed by atoms with E-state index in [0.717, 1.165) is 40.0 Å². The van der Waals surface area contributed by atoms with Crippen LogP contribution in [0.2, 0.25) is 0 Å². The quantitative estimate of drug-likeness (QED) is 0.493. The zero-order valence-electron chi connectivity index (χ0n) is 15.3. The molecule has 1 heterocycles. The Kier molecular flexibility index (Phi) is 6.03. The first-order chi connectivity index (χ1) is 13.7. The normalized spacial score (nSPS) is 11.7. The van der Waals surface area contributed by atoms with Gasteiger partial charge in [-0.3, -0.25) is 0 Å². The molecule has 0 saturated heterocycles. The molecule has 2 aromatic carbocycles. The van der Waals surface area contributed by atoms with E-state index in [0.29, 0.717) is 17.1 Å². The van der Waals surface area contributed by atoms with Crippen molar-refractivity contribution >= 4 is 29.1 Å². The summed E-state index contributed by atoms with van der Waals surface area (Å²) in [5.41, 5.74) is 2.11. The minimum absolute atomic E-state index is 0.439. The molecule has 3 rings (SSSR count). The average molecular weight is 418 g/mol. The number of hydrogen-bond acceptors (Lipinski definition) is 4. The molecule has 0 aliphatic heterocycles. The maximum Gasteiger partial charge on any atom is 0.416 e. The first kappa shape index (κ1) is 20.6. The van der Waals surface area contributed by atoms with Crippen molar-refractivity contribution < 1.29 is 23.1 Å². The fourth-order valence-corrected chi connectivity index (χ4v) is 3.60. The highest BCUT2D eigenvalue weighted by Gasteiger charge is 2.30. The van der Waals surface area contributed by atoms with Crippen LogP contribution in [0.3, 0.4) is 0 Å². The van der Waals surface area contributed by atoms with E-state index < -0.39 is 17.7 Å². The van der Waals surface area contributed by atoms with Gasteiger partial charge in [-0.05, 0) is 42.8 Å². The monoisotopic (exact) mass is 418 g/mol. The Bertz CT molecular complexity index is 1040. The van der Waals surface area contributed by atoms with Gasteiger partial charge >= 0.3 is 12.1 Å². The molecule has 3 aromatic rings. The van der Waals surface area contributed by atoms with E-state index in [1.807, 2.05) is 19.1 Å². The van der Waals surface area contributed by atoms with E-state index in [-0.39, 0.29) is 0 Å². The van der Waals surface area contributed by atoms with Crippen molar-refractivity contribution in [1.82, 2.24) is 4.98 Å². The Morgan fingerprint density at radius 3 is 2.59 bits per heavy atom. The summed E-state index contributed by atoms with van der Waals surface area (Å²) in [5, 5.41) is 12.4. The number of alkyl halides is 3. The van der Waals surface area contributed by atoms with Gasteiger partial charge in [0.1, 0.15) is 5.01 Å². The third-order valence-corrected chi connectivity index (χ3v) is 5.32. The third-order valence-electron chi connectivity index (χ3n) is 4.11. The molecule has 0 saturated carbocycles. The van der Waals surface area contributed by atoms with Gasteiger partial charge in [0, 0.05) is 22.2 Å². The Morgan fingerprint density at radius 1 is 1.21 bits per heavy atom. The van der Waals surface area contributed by atoms with E-state index in [1.165, 1.54) is 23.5 Å². The molecule has 8 heteroatoms. The topological polar surface area (TPSA) is 62.2 Å². The number of aryl methyl sites for hydroxylation is 1. The number of aliphatic carboxylic acids is 1. The summed E-state index contributed by atoms with van der Waals surface area (Å²) in [5.74, 6) is -1.01. The molecule has 150 valence electrons. The van der Waals surface area contributed by atoms with Crippen LogP contribution in [0.5, 0.6) is 0 Å². The van der Waals surface area contributed by atoms with Gasteiger partial charge in [0.2, 0.25) is 0 Å². The molecular formula is C21H17F3N2O2S. The van der Waals surface area contributed by atoms with Gasteiger partial charge in [-0.2, -0.15) is 13.2 Å². The molecule has 0 unspecified atom stereocenters. The van der Waals surface area contributed by atoms with Gasteiger partial charge in [0.15, 0.2) is 0 Å². The van der Waals surface area contributed by atoms with Crippen LogP contribution in [0.4, 0.5) is 18.9 Å². The molecule has 4 nitrogen and oxygen atoms in total. The van der Waals surface area contributed by atoms with Crippen LogP contribution in [0, 0.1) is 6.92 Å². The van der Waals surface area contributed by atoms with Crippen molar-refractivity contribution in [2.75, 3.05) is 5.32 Å². The molecule has 0 aliphatic rings. The third kappa shape index (κ3) is 5.45. The number of rotatable bonds is 6. The van der Waals surface area contributed by atoms with Gasteiger partial charge in [-0.1, -0.05) is 24.3 Å². The molecule has 0 spiro atoms. The number of carboxylic acids is 1. The number of hydrogen-bond donors (Lipinski definition) is 2. The minimum Gasteiger partial charge on any atom is -0.478 e. The summed E-state index contributed by atoms with van der Waals surface area (Å²) in [6.45, 7) is 2.30. The Balaban J connectivity index is 1.71. The molecule has 0 aliphatic carbocycles. The predicted octanol–water partition coefficient (Wildman–Crippen LogP) is 5.85. The molecule has 0 atom stereocenters. The molecular weight excluding hydrogens is 401 g/mol. The predicted molar refractivity (Wildman–Crippen MR) is 108 cm³/mol. The SMILES string of the molecule is Cc1nc(-c2cccc(C(F)(F)F)c2)sc1CNc1ccc(/C=C/C(=O)O)cc1. The van der Waals surface area contributed by atoms with Crippen molar-refractivity contribution in [3.63, 3.8) is 0 Å². The van der Waals surface area contributed by atoms with E-state index >= 15 is 0 Å². The highest BCUT2D eigenvalue weighted by molar-refractivity contribution is 7.15. The molecule has 0 bridgehead atoms. The van der Waals surface area contributed by atoms with Crippen LogP contribution in [0.25, 0.3) is 16.6 Å². The summed E-state index contributed by atoms with van der Waals surface area (Å²) in [7, 11) is 0. The number of carbonyl (C=O) groups is 1. The molecule has 0 fully saturated rings. The number of carboxylic acid groups (broad SMARTS) is 1. The lowest BCUT2D eigenvalue weighted by Gasteiger charge is -2.07. The van der Waals surface area contributed by atoms with Crippen LogP contribution in [-0.4, -0.2) is 16.1 Å². The van der Waals surface area contributed by atoms with E-state index in [1.54, 1.807) is 18.2 Å². The van der Waals surface area contributed by atoms with Gasteiger partial charge in [-0.15, -0.1) is 11.3 Å². The van der Waals surface area contributed by atoms with Gasteiger partial charge in [0.05, 0.1) is 17.8 Å². The molecule has 2 N–H and O–H groups in total. The number of nitrogens with zero attached hydrogens (tertiary/aromatic N) is 1. The highest BCUT2D eigenvalue weighted by Crippen LogP contribution is 2.34. The lowest BCUT2D eigenvalue weighted by Crippen LogP contribution is -2.04. The highest BCUT2D eigenvalue weighted by atomic mass is 32.1. The van der Waals surface area contributed by atoms with Gasteiger partial charge < -0.3 is 10.4 Å². The van der Waals surface area contributed by atoms with Crippen molar-refractivity contribution in [3.8, 4) is 10.6 Å². The largest absolute Gasteiger partial charge is 0.478 e. The van der Waals surface area contributed by atoms with Gasteiger partial charge in [-0.25, -0.2) is 9.78 Å². The van der Waals surface area contributed by atoms with Crippen LogP contribution in [0.1, 0.15) is 21.7 Å². The fourth-order valence-electron chi connectivity index (χ4n) is 2.61. The standard InChI is InChI=1S/C21H17F3N2O2S/c1-13-18(12-25-17-8-5-14(6-9-17)7-10-19(27)28)29-20(26-13)15-3-2-4-16(11-15)21(22,23)24/h2-11,25H,12H2,1H3,(H,27,28)/b10-7+. The van der Waals surface area contributed by atoms with E-state index in [2.05, 4.69) is 10.3 Å². The van der Waals surface area contributed by atoms with E-state index in [9.17, 15) is 18.0 Å². The average Bonchev–Trinajstić information content (AvgIpc) is 3.06. The van der Waals surface area contributed by atoms with E-state index in [4.69, 9.17) is 5.11 Å². The van der Waals surface area contributed by atoms with Gasteiger partial charge in [0.25, 0.3) is 0 Å². The number of halogens is 3. The van der Waals surface area contributed by atoms with Crippen molar-refractivity contribution in [2.45, 2.75) is 19.6 Å². The first-order valence-electron chi connectivity index (χ1n) is 8.61. The Labute approximate surface area is 169 Å². The van der Waals surface area contributed by atoms with Crippen LogP contribution >= 0.6 is 11.3 Å². The van der Waals surface area contributed by atoms with Crippen molar-refractivity contribution in [3.05, 3.63) is 76.3 Å². The smallest absolute Gasteiger partial charge is 0.416 e. The molecule has 1 aromatic heterocycles. The summed E-state index contributed by atoms with van der Waals surface area (Å²) in [6.07, 6.45) is -1.82. The summed E-state index contributed by atoms with van der Waals surface area (Å²) in [6, 6.07) is 12.4. The second kappa shape index (κ2) is 8.48. The Hall–Kier alpha value is -3.13. The summed E-state index contributed by atoms with van der Waals surface area (Å²) < 4.78 is 38.8. The van der Waals surface area contributed by atoms with Crippen LogP contribution in [0.15, 0.2) is 54.6 Å². The summed E-state index contributed by atoms with van der Waals surface area (Å²) >= 11 is 1.35. The zero-order chi connectivity index (χ0) is 21.0. The maximum absolute atomic E-state index is 12.9. The van der Waals surface area contributed by atoms with Crippen LogP contribution in [-0.2, 0) is 17.5 Å². The minimum atomic E-state index is -4.39. The van der Waals surface area contributed by atoms with Crippen LogP contribution < -0.4 is 5.32 Å². The number of nitrogens with one attached hydrogen (secondary N) is 1. The second-order valence-electron chi connectivity index (χ2n) is 6.25. The lowest BCUT2D eigenvalue weighted by atomic mass is 10.1. The van der Waals surface area contributed by atoms with Crippen molar-refractivity contribution in [2.24, 2.45) is 0 Å². The van der Waals surface area contributed by atoms with Crippen molar-refractivity contribution in [1.29, 1.82) is 0 Å². The number of aromatic nitrogens is 1. The second-order valence-corrected chi connectivity index (χ2v) is 7.34. The first-order valence-corrected chi connectivity index (χ1v) is 9.43. The Morgan fingerprint density at radius 2 is 1.93 bits per heavy atom. The molecule has 0 radical (unpaired) electrons. The number of benzene rings is 2. The number of anilines is 1. The molecule has 29 heavy (non-hydrogen) atoms. The molecule has 0 amide bonds.